The number of nitrogens with zero attached hydrogens (tertiary/aromatic N) is 3. The predicted octanol–water partition coefficient (Wildman–Crippen LogP) is 3.34. The Kier molecular flexibility index (Phi) is 5.43. The second-order valence-electron chi connectivity index (χ2n) is 6.21. The molecule has 1 heterocycles. The lowest BCUT2D eigenvalue weighted by Gasteiger charge is -2.16. The van der Waals surface area contributed by atoms with Crippen LogP contribution >= 0.6 is 11.3 Å². The van der Waals surface area contributed by atoms with E-state index in [0.717, 1.165) is 29.8 Å². The molecule has 1 fully saturated rings. The second-order valence-corrected chi connectivity index (χ2v) is 7.05. The van der Waals surface area contributed by atoms with Crippen LogP contribution in [0.2, 0.25) is 0 Å². The molecule has 0 amide bonds. The molecule has 1 aromatic heterocycles. The van der Waals surface area contributed by atoms with Crippen molar-refractivity contribution < 1.29 is 15.3 Å². The average Bonchev–Trinajstić information content (AvgIpc) is 3.01. The van der Waals surface area contributed by atoms with Gasteiger partial charge in [-0.05, 0) is 31.4 Å². The van der Waals surface area contributed by atoms with Crippen LogP contribution in [0.15, 0.2) is 27.6 Å². The maximum atomic E-state index is 9.93. The zero-order valence-corrected chi connectivity index (χ0v) is 15.0. The van der Waals surface area contributed by atoms with Crippen LogP contribution in [0.1, 0.15) is 50.3 Å². The number of rotatable bonds is 4. The van der Waals surface area contributed by atoms with E-state index in [-0.39, 0.29) is 11.5 Å². The molecule has 134 valence electrons. The summed E-state index contributed by atoms with van der Waals surface area (Å²) in [7, 11) is 0. The molecule has 2 aromatic rings. The first-order chi connectivity index (χ1) is 12.1. The molecule has 0 radical (unpaired) electrons. The van der Waals surface area contributed by atoms with Gasteiger partial charge in [-0.1, -0.05) is 26.2 Å². The van der Waals surface area contributed by atoms with Gasteiger partial charge in [0.2, 0.25) is 10.6 Å². The molecule has 0 saturated heterocycles. The maximum absolute atomic E-state index is 9.93. The molecule has 1 aromatic carbocycles. The molecule has 1 aliphatic rings. The largest absolute Gasteiger partial charge is 0.504 e. The molecule has 0 unspecified atom stereocenters. The minimum Gasteiger partial charge on any atom is -0.504 e. The highest BCUT2D eigenvalue weighted by Gasteiger charge is 2.13. The van der Waals surface area contributed by atoms with E-state index in [1.54, 1.807) is 16.0 Å². The van der Waals surface area contributed by atoms with Crippen molar-refractivity contribution in [3.05, 3.63) is 33.6 Å². The van der Waals surface area contributed by atoms with Crippen LogP contribution in [0.3, 0.4) is 0 Å². The van der Waals surface area contributed by atoms with Gasteiger partial charge < -0.3 is 15.3 Å². The third kappa shape index (κ3) is 3.87. The van der Waals surface area contributed by atoms with Crippen molar-refractivity contribution in [1.29, 1.82) is 0 Å². The topological polar surface area (TPSA) is 90.3 Å². The molecule has 7 heteroatoms. The first-order valence-corrected chi connectivity index (χ1v) is 9.49. The van der Waals surface area contributed by atoms with E-state index in [1.165, 1.54) is 37.6 Å². The van der Waals surface area contributed by atoms with Gasteiger partial charge in [-0.15, -0.1) is 11.3 Å². The lowest BCUT2D eigenvalue weighted by Crippen LogP contribution is -2.19. The highest BCUT2D eigenvalue weighted by atomic mass is 32.1. The van der Waals surface area contributed by atoms with Gasteiger partial charge in [-0.25, -0.2) is 4.68 Å². The van der Waals surface area contributed by atoms with Crippen molar-refractivity contribution in [2.24, 2.45) is 10.1 Å². The molecule has 0 bridgehead atoms. The normalized spacial score (nSPS) is 16.8. The Hall–Kier alpha value is -2.28. The van der Waals surface area contributed by atoms with E-state index in [9.17, 15) is 15.3 Å². The van der Waals surface area contributed by atoms with Crippen LogP contribution in [-0.4, -0.2) is 32.3 Å². The Balaban J connectivity index is 1.95. The number of aromatic hydroxyl groups is 3. The number of thiazole rings is 1. The Morgan fingerprint density at radius 1 is 1.16 bits per heavy atom. The van der Waals surface area contributed by atoms with Gasteiger partial charge in [0.25, 0.3) is 0 Å². The predicted molar refractivity (Wildman–Crippen MR) is 98.6 cm³/mol. The third-order valence-corrected chi connectivity index (χ3v) is 5.34. The minimum atomic E-state index is -0.540. The second kappa shape index (κ2) is 7.74. The number of benzene rings is 1. The summed E-state index contributed by atoms with van der Waals surface area (Å²) < 4.78 is 1.79. The monoisotopic (exact) mass is 361 g/mol. The van der Waals surface area contributed by atoms with Crippen molar-refractivity contribution in [1.82, 2.24) is 4.68 Å². The standard InChI is InChI=1S/C18H23N3O3S/c1-2-14-11-25-18(20-13-6-4-3-5-7-13)21(14)19-10-12-8-9-15(22)17(24)16(12)23/h8-11,13,22-24H,2-7H2,1H3/b19-10+,20-18-. The fraction of sp³-hybridized carbons (Fsp3) is 0.444. The van der Waals surface area contributed by atoms with E-state index in [0.29, 0.717) is 11.6 Å². The molecule has 3 N–H and O–H groups in total. The van der Waals surface area contributed by atoms with Gasteiger partial charge in [0, 0.05) is 10.9 Å². The quantitative estimate of drug-likeness (QED) is 0.576. The van der Waals surface area contributed by atoms with Gasteiger partial charge in [0.05, 0.1) is 18.0 Å². The smallest absolute Gasteiger partial charge is 0.206 e. The first kappa shape index (κ1) is 17.5. The van der Waals surface area contributed by atoms with Crippen molar-refractivity contribution in [2.75, 3.05) is 0 Å². The number of aryl methyl sites for hydroxylation is 1. The fourth-order valence-electron chi connectivity index (χ4n) is 2.96. The summed E-state index contributed by atoms with van der Waals surface area (Å²) in [5.41, 5.74) is 1.37. The molecule has 0 aliphatic heterocycles. The Morgan fingerprint density at radius 3 is 2.64 bits per heavy atom. The fourth-order valence-corrected chi connectivity index (χ4v) is 3.94. The summed E-state index contributed by atoms with van der Waals surface area (Å²) in [4.78, 5) is 5.72. The van der Waals surface area contributed by atoms with E-state index in [4.69, 9.17) is 4.99 Å². The highest BCUT2D eigenvalue weighted by molar-refractivity contribution is 7.07. The van der Waals surface area contributed by atoms with Gasteiger partial charge in [-0.3, -0.25) is 4.99 Å². The molecule has 25 heavy (non-hydrogen) atoms. The zero-order valence-electron chi connectivity index (χ0n) is 14.2. The van der Waals surface area contributed by atoms with E-state index < -0.39 is 5.75 Å². The third-order valence-electron chi connectivity index (χ3n) is 4.46. The maximum Gasteiger partial charge on any atom is 0.206 e. The Bertz CT molecular complexity index is 833. The van der Waals surface area contributed by atoms with Crippen LogP contribution in [0.4, 0.5) is 0 Å². The van der Waals surface area contributed by atoms with Gasteiger partial charge in [-0.2, -0.15) is 5.10 Å². The molecular formula is C18H23N3O3S. The lowest BCUT2D eigenvalue weighted by atomic mass is 9.96. The molecule has 1 saturated carbocycles. The molecule has 1 aliphatic carbocycles. The van der Waals surface area contributed by atoms with Crippen molar-refractivity contribution in [3.63, 3.8) is 0 Å². The summed E-state index contributed by atoms with van der Waals surface area (Å²) in [5.74, 6) is -1.29. The van der Waals surface area contributed by atoms with E-state index in [2.05, 4.69) is 12.0 Å². The van der Waals surface area contributed by atoms with Crippen LogP contribution < -0.4 is 4.80 Å². The molecule has 0 atom stereocenters. The number of phenols is 3. The SMILES string of the molecule is CCc1cs/c(=N\C2CCCCC2)n1/N=C/c1ccc(O)c(O)c1O. The van der Waals surface area contributed by atoms with Gasteiger partial charge >= 0.3 is 0 Å². The van der Waals surface area contributed by atoms with Crippen molar-refractivity contribution in [2.45, 2.75) is 51.5 Å². The van der Waals surface area contributed by atoms with E-state index in [1.807, 2.05) is 5.38 Å². The van der Waals surface area contributed by atoms with Crippen LogP contribution in [0, 0.1) is 0 Å². The van der Waals surface area contributed by atoms with Crippen LogP contribution in [0.25, 0.3) is 0 Å². The summed E-state index contributed by atoms with van der Waals surface area (Å²) in [6, 6.07) is 3.18. The number of phenolic OH excluding ortho intramolecular Hbond substituents is 3. The first-order valence-electron chi connectivity index (χ1n) is 8.61. The zero-order chi connectivity index (χ0) is 17.8. The van der Waals surface area contributed by atoms with Gasteiger partial charge in [0.1, 0.15) is 0 Å². The molecule has 6 nitrogen and oxygen atoms in total. The number of hydrogen-bond donors (Lipinski definition) is 3. The average molecular weight is 361 g/mol. The molecule has 0 spiro atoms. The Labute approximate surface area is 150 Å². The molecular weight excluding hydrogens is 338 g/mol. The summed E-state index contributed by atoms with van der Waals surface area (Å²) in [6.45, 7) is 2.06. The molecule has 3 rings (SSSR count). The van der Waals surface area contributed by atoms with Crippen molar-refractivity contribution >= 4 is 17.6 Å². The van der Waals surface area contributed by atoms with E-state index >= 15 is 0 Å². The summed E-state index contributed by atoms with van der Waals surface area (Å²) in [5, 5.41) is 35.5. The summed E-state index contributed by atoms with van der Waals surface area (Å²) in [6.07, 6.45) is 8.28. The summed E-state index contributed by atoms with van der Waals surface area (Å²) >= 11 is 1.57. The highest BCUT2D eigenvalue weighted by Crippen LogP contribution is 2.36. The van der Waals surface area contributed by atoms with Crippen molar-refractivity contribution in [3.8, 4) is 17.2 Å². The van der Waals surface area contributed by atoms with Crippen LogP contribution in [0.5, 0.6) is 17.2 Å². The number of hydrogen-bond acceptors (Lipinski definition) is 6. The minimum absolute atomic E-state index is 0.333. The number of aromatic nitrogens is 1. The Morgan fingerprint density at radius 2 is 1.92 bits per heavy atom. The van der Waals surface area contributed by atoms with Gasteiger partial charge in [0.15, 0.2) is 11.5 Å². The lowest BCUT2D eigenvalue weighted by molar-refractivity contribution is 0.367. The van der Waals surface area contributed by atoms with Crippen LogP contribution in [-0.2, 0) is 6.42 Å².